The van der Waals surface area contributed by atoms with Crippen LogP contribution in [-0.4, -0.2) is 16.9 Å². The number of para-hydroxylation sites is 2. The lowest BCUT2D eigenvalue weighted by Crippen LogP contribution is -2.17. The molecule has 0 aliphatic heterocycles. The topological polar surface area (TPSA) is 73.0 Å². The van der Waals surface area contributed by atoms with E-state index in [0.717, 1.165) is 5.69 Å². The van der Waals surface area contributed by atoms with Crippen LogP contribution in [-0.2, 0) is 5.41 Å². The van der Waals surface area contributed by atoms with E-state index in [9.17, 15) is 4.79 Å². The molecule has 0 aliphatic rings. The molecule has 5 heteroatoms. The highest BCUT2D eigenvalue weighted by Gasteiger charge is 2.24. The maximum absolute atomic E-state index is 12.3. The van der Waals surface area contributed by atoms with Gasteiger partial charge in [-0.2, -0.15) is 0 Å². The second-order valence-electron chi connectivity index (χ2n) is 5.46. The first-order valence-electron chi connectivity index (χ1n) is 6.10. The zero-order valence-corrected chi connectivity index (χ0v) is 11.7. The second kappa shape index (κ2) is 4.50. The molecule has 1 aromatic heterocycles. The molecule has 102 valence electrons. The fourth-order valence-electron chi connectivity index (χ4n) is 2.01. The number of H-pyrrole nitrogens is 1. The van der Waals surface area contributed by atoms with Gasteiger partial charge in [0, 0.05) is 5.41 Å². The SMILES string of the molecule is COc1ccccc1-n1[nH]c(C(C)(C)C)c(N)c1=O. The van der Waals surface area contributed by atoms with Crippen molar-refractivity contribution in [1.29, 1.82) is 0 Å². The lowest BCUT2D eigenvalue weighted by Gasteiger charge is -2.16. The van der Waals surface area contributed by atoms with E-state index in [4.69, 9.17) is 10.5 Å². The van der Waals surface area contributed by atoms with Gasteiger partial charge < -0.3 is 10.5 Å². The van der Waals surface area contributed by atoms with Crippen molar-refractivity contribution < 1.29 is 4.74 Å². The number of rotatable bonds is 2. The number of methoxy groups -OCH3 is 1. The van der Waals surface area contributed by atoms with Crippen LogP contribution in [0.25, 0.3) is 5.69 Å². The van der Waals surface area contributed by atoms with Gasteiger partial charge in [-0.1, -0.05) is 32.9 Å². The van der Waals surface area contributed by atoms with Gasteiger partial charge in [-0.25, -0.2) is 4.68 Å². The average molecular weight is 261 g/mol. The van der Waals surface area contributed by atoms with Gasteiger partial charge in [-0.3, -0.25) is 9.89 Å². The van der Waals surface area contributed by atoms with E-state index in [1.54, 1.807) is 13.2 Å². The summed E-state index contributed by atoms with van der Waals surface area (Å²) in [5.74, 6) is 0.617. The van der Waals surface area contributed by atoms with Crippen LogP contribution < -0.4 is 16.0 Å². The molecule has 0 bridgehead atoms. The molecule has 0 radical (unpaired) electrons. The Morgan fingerprint density at radius 2 is 1.89 bits per heavy atom. The minimum Gasteiger partial charge on any atom is -0.494 e. The van der Waals surface area contributed by atoms with Crippen LogP contribution >= 0.6 is 0 Å². The number of hydrogen-bond acceptors (Lipinski definition) is 3. The fourth-order valence-corrected chi connectivity index (χ4v) is 2.01. The minimum absolute atomic E-state index is 0.226. The molecule has 19 heavy (non-hydrogen) atoms. The molecule has 2 rings (SSSR count). The third-order valence-electron chi connectivity index (χ3n) is 3.00. The average Bonchev–Trinajstić information content (AvgIpc) is 2.66. The Labute approximate surface area is 112 Å². The van der Waals surface area contributed by atoms with Gasteiger partial charge in [0.15, 0.2) is 0 Å². The first-order valence-corrected chi connectivity index (χ1v) is 6.10. The molecule has 1 heterocycles. The lowest BCUT2D eigenvalue weighted by atomic mass is 9.91. The van der Waals surface area contributed by atoms with Crippen molar-refractivity contribution in [2.24, 2.45) is 0 Å². The third kappa shape index (κ3) is 2.23. The summed E-state index contributed by atoms with van der Waals surface area (Å²) in [7, 11) is 1.57. The summed E-state index contributed by atoms with van der Waals surface area (Å²) in [5.41, 5.74) is 7.06. The first-order chi connectivity index (χ1) is 8.86. The van der Waals surface area contributed by atoms with Gasteiger partial charge in [-0.05, 0) is 12.1 Å². The van der Waals surface area contributed by atoms with E-state index in [-0.39, 0.29) is 16.7 Å². The van der Waals surface area contributed by atoms with Crippen LogP contribution in [0, 0.1) is 0 Å². The van der Waals surface area contributed by atoms with E-state index in [1.165, 1.54) is 4.68 Å². The highest BCUT2D eigenvalue weighted by atomic mass is 16.5. The Bertz CT molecular complexity index is 647. The van der Waals surface area contributed by atoms with E-state index in [0.29, 0.717) is 11.4 Å². The minimum atomic E-state index is -0.255. The number of nitrogens with one attached hydrogen (secondary N) is 1. The quantitative estimate of drug-likeness (QED) is 0.869. The fraction of sp³-hybridized carbons (Fsp3) is 0.357. The number of anilines is 1. The van der Waals surface area contributed by atoms with Crippen LogP contribution in [0.4, 0.5) is 5.69 Å². The summed E-state index contributed by atoms with van der Waals surface area (Å²) >= 11 is 0. The number of hydrogen-bond donors (Lipinski definition) is 2. The summed E-state index contributed by atoms with van der Waals surface area (Å²) in [4.78, 5) is 12.3. The Balaban J connectivity index is 2.68. The Morgan fingerprint density at radius 1 is 1.26 bits per heavy atom. The van der Waals surface area contributed by atoms with Crippen LogP contribution in [0.2, 0.25) is 0 Å². The van der Waals surface area contributed by atoms with Crippen molar-refractivity contribution in [3.8, 4) is 11.4 Å². The largest absolute Gasteiger partial charge is 0.494 e. The van der Waals surface area contributed by atoms with E-state index >= 15 is 0 Å². The molecule has 0 unspecified atom stereocenters. The highest BCUT2D eigenvalue weighted by molar-refractivity contribution is 5.51. The van der Waals surface area contributed by atoms with Crippen molar-refractivity contribution in [3.63, 3.8) is 0 Å². The van der Waals surface area contributed by atoms with E-state index < -0.39 is 0 Å². The van der Waals surface area contributed by atoms with E-state index in [1.807, 2.05) is 39.0 Å². The Hall–Kier alpha value is -2.17. The maximum Gasteiger partial charge on any atom is 0.294 e. The number of benzene rings is 1. The molecule has 2 aromatic rings. The molecule has 0 saturated carbocycles. The molecule has 0 amide bonds. The number of nitrogens with two attached hydrogens (primary N) is 1. The van der Waals surface area contributed by atoms with Crippen LogP contribution in [0.5, 0.6) is 5.75 Å². The monoisotopic (exact) mass is 261 g/mol. The van der Waals surface area contributed by atoms with Crippen molar-refractivity contribution in [3.05, 3.63) is 40.3 Å². The number of nitrogens with zero attached hydrogens (tertiary/aromatic N) is 1. The molecular formula is C14H19N3O2. The normalized spacial score (nSPS) is 11.6. The summed E-state index contributed by atoms with van der Waals surface area (Å²) in [6.45, 7) is 6.00. The predicted octanol–water partition coefficient (Wildman–Crippen LogP) is 2.05. The molecule has 3 N–H and O–H groups in total. The molecular weight excluding hydrogens is 242 g/mol. The molecule has 0 atom stereocenters. The molecule has 1 aromatic carbocycles. The van der Waals surface area contributed by atoms with E-state index in [2.05, 4.69) is 5.10 Å². The highest BCUT2D eigenvalue weighted by Crippen LogP contribution is 2.26. The summed E-state index contributed by atoms with van der Waals surface area (Å²) in [5, 5.41) is 3.08. The number of aromatic nitrogens is 2. The van der Waals surface area contributed by atoms with Crippen molar-refractivity contribution in [2.45, 2.75) is 26.2 Å². The lowest BCUT2D eigenvalue weighted by molar-refractivity contribution is 0.411. The van der Waals surface area contributed by atoms with Gasteiger partial charge in [0.05, 0.1) is 12.8 Å². The molecule has 0 aliphatic carbocycles. The third-order valence-corrected chi connectivity index (χ3v) is 3.00. The van der Waals surface area contributed by atoms with Gasteiger partial charge in [0.25, 0.3) is 5.56 Å². The molecule has 0 spiro atoms. The molecule has 0 saturated heterocycles. The summed E-state index contributed by atoms with van der Waals surface area (Å²) in [6.07, 6.45) is 0. The maximum atomic E-state index is 12.3. The summed E-state index contributed by atoms with van der Waals surface area (Å²) in [6, 6.07) is 7.31. The van der Waals surface area contributed by atoms with Crippen molar-refractivity contribution in [1.82, 2.24) is 9.78 Å². The van der Waals surface area contributed by atoms with Crippen LogP contribution in [0.15, 0.2) is 29.1 Å². The smallest absolute Gasteiger partial charge is 0.294 e. The molecule has 5 nitrogen and oxygen atoms in total. The predicted molar refractivity (Wildman–Crippen MR) is 76.1 cm³/mol. The van der Waals surface area contributed by atoms with Crippen molar-refractivity contribution in [2.75, 3.05) is 12.8 Å². The zero-order valence-electron chi connectivity index (χ0n) is 11.7. The Morgan fingerprint density at radius 3 is 2.42 bits per heavy atom. The first kappa shape index (κ1) is 13.3. The Kier molecular flexibility index (Phi) is 3.14. The van der Waals surface area contributed by atoms with Crippen molar-refractivity contribution >= 4 is 5.69 Å². The van der Waals surface area contributed by atoms with Gasteiger partial charge in [0.1, 0.15) is 17.1 Å². The zero-order chi connectivity index (χ0) is 14.2. The second-order valence-corrected chi connectivity index (χ2v) is 5.46. The number of aromatic amines is 1. The molecule has 0 fully saturated rings. The summed E-state index contributed by atoms with van der Waals surface area (Å²) < 4.78 is 6.69. The van der Waals surface area contributed by atoms with Crippen LogP contribution in [0.1, 0.15) is 26.5 Å². The van der Waals surface area contributed by atoms with Gasteiger partial charge in [0.2, 0.25) is 0 Å². The standard InChI is InChI=1S/C14H19N3O2/c1-14(2,3)12-11(15)13(18)17(16-12)9-7-5-6-8-10(9)19-4/h5-8,16H,15H2,1-4H3. The number of ether oxygens (including phenoxy) is 1. The van der Waals surface area contributed by atoms with Crippen LogP contribution in [0.3, 0.4) is 0 Å². The number of nitrogen functional groups attached to an aromatic ring is 1. The van der Waals surface area contributed by atoms with Gasteiger partial charge >= 0.3 is 0 Å². The van der Waals surface area contributed by atoms with Gasteiger partial charge in [-0.15, -0.1) is 0 Å².